The van der Waals surface area contributed by atoms with E-state index in [0.29, 0.717) is 17.8 Å². The number of para-hydroxylation sites is 1. The number of hydrogen-bond donors (Lipinski definition) is 5. The molecule has 16 heteroatoms. The molecule has 0 heterocycles. The Morgan fingerprint density at radius 2 is 1.42 bits per heavy atom. The molecule has 0 unspecified atom stereocenters. The van der Waals surface area contributed by atoms with Crippen molar-refractivity contribution in [2.75, 3.05) is 5.32 Å². The van der Waals surface area contributed by atoms with Crippen molar-refractivity contribution in [1.29, 1.82) is 0 Å². The van der Waals surface area contributed by atoms with Gasteiger partial charge < -0.3 is 15.5 Å². The highest BCUT2D eigenvalue weighted by Gasteiger charge is 2.26. The van der Waals surface area contributed by atoms with Gasteiger partial charge in [-0.15, -0.1) is 10.2 Å². The fourth-order valence-corrected chi connectivity index (χ4v) is 4.75. The predicted octanol–water partition coefficient (Wildman–Crippen LogP) is 4.81. The Balaban J connectivity index is 1.88. The molecule has 196 valence electrons. The number of nitrogens with zero attached hydrogens (tertiary/aromatic N) is 3. The highest BCUT2D eigenvalue weighted by molar-refractivity contribution is 7.86. The van der Waals surface area contributed by atoms with Crippen molar-refractivity contribution in [2.24, 2.45) is 10.2 Å². The first-order valence-electron chi connectivity index (χ1n) is 10.3. The fraction of sp³-hybridized carbons (Fsp3) is 0. The number of azo groups is 1. The molecule has 0 radical (unpaired) electrons. The summed E-state index contributed by atoms with van der Waals surface area (Å²) in [5.41, 5.74) is -1.32. The van der Waals surface area contributed by atoms with Crippen LogP contribution in [0, 0.1) is 10.1 Å². The van der Waals surface area contributed by atoms with Crippen LogP contribution in [0.1, 0.15) is 0 Å². The number of hydrogen-bond acceptors (Lipinski definition) is 11. The second-order valence-electron chi connectivity index (χ2n) is 7.72. The second-order valence-corrected chi connectivity index (χ2v) is 10.5. The average Bonchev–Trinajstić information content (AvgIpc) is 2.83. The number of phenols is 2. The Kier molecular flexibility index (Phi) is 6.73. The van der Waals surface area contributed by atoms with Gasteiger partial charge in [0.2, 0.25) is 0 Å². The van der Waals surface area contributed by atoms with Gasteiger partial charge in [0.05, 0.1) is 4.92 Å². The molecule has 38 heavy (non-hydrogen) atoms. The van der Waals surface area contributed by atoms with Gasteiger partial charge in [-0.2, -0.15) is 16.8 Å². The molecular weight excluding hydrogens is 544 g/mol. The van der Waals surface area contributed by atoms with Crippen molar-refractivity contribution in [2.45, 2.75) is 9.79 Å². The highest BCUT2D eigenvalue weighted by atomic mass is 32.2. The topological polar surface area (TPSA) is 229 Å². The number of aromatic hydroxyl groups is 2. The van der Waals surface area contributed by atoms with Crippen LogP contribution in [0.15, 0.2) is 86.7 Å². The van der Waals surface area contributed by atoms with Gasteiger partial charge in [0.1, 0.15) is 21.2 Å². The van der Waals surface area contributed by atoms with E-state index in [-0.39, 0.29) is 10.8 Å². The van der Waals surface area contributed by atoms with Crippen molar-refractivity contribution in [3.8, 4) is 11.5 Å². The van der Waals surface area contributed by atoms with Crippen molar-refractivity contribution >= 4 is 59.4 Å². The summed E-state index contributed by atoms with van der Waals surface area (Å²) in [6, 6.07) is 15.4. The number of nitro groups is 1. The third kappa shape index (κ3) is 5.37. The maximum absolute atomic E-state index is 12.1. The molecule has 0 spiro atoms. The van der Waals surface area contributed by atoms with E-state index in [4.69, 9.17) is 0 Å². The van der Waals surface area contributed by atoms with E-state index in [9.17, 15) is 46.3 Å². The molecule has 4 rings (SSSR count). The first-order valence-corrected chi connectivity index (χ1v) is 13.1. The number of nitrogens with one attached hydrogen (secondary N) is 1. The normalized spacial score (nSPS) is 12.2. The summed E-state index contributed by atoms with van der Waals surface area (Å²) < 4.78 is 66.3. The van der Waals surface area contributed by atoms with Crippen LogP contribution in [0.2, 0.25) is 0 Å². The van der Waals surface area contributed by atoms with E-state index in [2.05, 4.69) is 15.5 Å². The van der Waals surface area contributed by atoms with Gasteiger partial charge in [-0.3, -0.25) is 19.2 Å². The summed E-state index contributed by atoms with van der Waals surface area (Å²) in [6.45, 7) is 0. The van der Waals surface area contributed by atoms with Crippen LogP contribution >= 0.6 is 0 Å². The summed E-state index contributed by atoms with van der Waals surface area (Å²) >= 11 is 0. The summed E-state index contributed by atoms with van der Waals surface area (Å²) in [4.78, 5) is 7.98. The molecule has 0 aromatic heterocycles. The van der Waals surface area contributed by atoms with Gasteiger partial charge in [-0.1, -0.05) is 18.2 Å². The first-order chi connectivity index (χ1) is 17.8. The smallest absolute Gasteiger partial charge is 0.298 e. The SMILES string of the molecule is O=[N+]([O-])c1cc(N=Nc2c(S(=O)(=O)O)cc3cc(Nc4ccccc4)ccc3c2O)c(O)c(S(=O)(=O)O)c1. The molecule has 0 bridgehead atoms. The third-order valence-corrected chi connectivity index (χ3v) is 6.91. The lowest BCUT2D eigenvalue weighted by atomic mass is 10.1. The van der Waals surface area contributed by atoms with E-state index in [1.807, 2.05) is 6.07 Å². The number of non-ortho nitro benzene ring substituents is 1. The molecule has 0 aliphatic heterocycles. The molecule has 0 saturated carbocycles. The number of phenolic OH excluding ortho intramolecular Hbond substituents is 2. The van der Waals surface area contributed by atoms with E-state index >= 15 is 0 Å². The van der Waals surface area contributed by atoms with Gasteiger partial charge in [0.15, 0.2) is 11.5 Å². The zero-order valence-corrected chi connectivity index (χ0v) is 20.4. The Hall–Kier alpha value is -4.64. The number of fused-ring (bicyclic) bond motifs is 1. The molecule has 0 saturated heterocycles. The average molecular weight is 561 g/mol. The molecule has 0 atom stereocenters. The maximum Gasteiger partial charge on any atom is 0.298 e. The number of nitro benzene ring substituents is 1. The van der Waals surface area contributed by atoms with Crippen LogP contribution in [0.3, 0.4) is 0 Å². The summed E-state index contributed by atoms with van der Waals surface area (Å²) in [7, 11) is -10.2. The maximum atomic E-state index is 12.1. The Morgan fingerprint density at radius 3 is 2.03 bits per heavy atom. The van der Waals surface area contributed by atoms with Crippen LogP contribution in [0.25, 0.3) is 10.8 Å². The summed E-state index contributed by atoms with van der Waals surface area (Å²) in [5, 5.41) is 42.4. The van der Waals surface area contributed by atoms with E-state index in [1.165, 1.54) is 12.1 Å². The molecule has 4 aromatic rings. The standard InChI is InChI=1S/C22H16N4O10S2/c27-21-16-7-6-14(23-13-4-2-1-3-5-13)8-12(16)9-18(37(31,32)33)20(21)25-24-17-10-15(26(29)30)11-19(22(17)28)38(34,35)36/h1-11,23,27-28H,(H,31,32,33)(H,34,35,36). The molecule has 0 aliphatic carbocycles. The van der Waals surface area contributed by atoms with Gasteiger partial charge >= 0.3 is 0 Å². The van der Waals surface area contributed by atoms with E-state index < -0.39 is 63.5 Å². The van der Waals surface area contributed by atoms with Crippen molar-refractivity contribution < 1.29 is 41.1 Å². The second kappa shape index (κ2) is 9.67. The zero-order chi connectivity index (χ0) is 27.8. The monoisotopic (exact) mass is 560 g/mol. The number of benzene rings is 4. The van der Waals surface area contributed by atoms with Crippen molar-refractivity contribution in [3.63, 3.8) is 0 Å². The van der Waals surface area contributed by atoms with Crippen LogP contribution in [-0.2, 0) is 20.2 Å². The molecule has 0 amide bonds. The van der Waals surface area contributed by atoms with Crippen molar-refractivity contribution in [1.82, 2.24) is 0 Å². The summed E-state index contributed by atoms with van der Waals surface area (Å²) in [6.07, 6.45) is 0. The van der Waals surface area contributed by atoms with Crippen molar-refractivity contribution in [3.05, 3.63) is 76.8 Å². The molecule has 0 aliphatic rings. The number of anilines is 2. The van der Waals surface area contributed by atoms with Crippen LogP contribution in [0.4, 0.5) is 28.4 Å². The Bertz CT molecular complexity index is 1840. The lowest BCUT2D eigenvalue weighted by Crippen LogP contribution is -2.00. The predicted molar refractivity (Wildman–Crippen MR) is 134 cm³/mol. The zero-order valence-electron chi connectivity index (χ0n) is 18.7. The third-order valence-electron chi connectivity index (χ3n) is 5.18. The fourth-order valence-electron chi connectivity index (χ4n) is 3.47. The lowest BCUT2D eigenvalue weighted by Gasteiger charge is -2.11. The molecule has 14 nitrogen and oxygen atoms in total. The van der Waals surface area contributed by atoms with Crippen LogP contribution in [0.5, 0.6) is 11.5 Å². The van der Waals surface area contributed by atoms with Gasteiger partial charge in [0.25, 0.3) is 25.9 Å². The van der Waals surface area contributed by atoms with E-state index in [0.717, 1.165) is 11.8 Å². The van der Waals surface area contributed by atoms with Crippen LogP contribution in [-0.4, -0.2) is 41.1 Å². The Labute approximate surface area is 214 Å². The molecule has 0 fully saturated rings. The minimum atomic E-state index is -5.14. The highest BCUT2D eigenvalue weighted by Crippen LogP contribution is 2.44. The van der Waals surface area contributed by atoms with Gasteiger partial charge in [0, 0.05) is 28.9 Å². The molecular formula is C22H16N4O10S2. The number of rotatable bonds is 7. The van der Waals surface area contributed by atoms with E-state index in [1.54, 1.807) is 30.3 Å². The molecule has 5 N–H and O–H groups in total. The quantitative estimate of drug-likeness (QED) is 0.0890. The first kappa shape index (κ1) is 26.4. The Morgan fingerprint density at radius 1 is 0.763 bits per heavy atom. The minimum Gasteiger partial charge on any atom is -0.505 e. The van der Waals surface area contributed by atoms with Crippen LogP contribution < -0.4 is 5.32 Å². The lowest BCUT2D eigenvalue weighted by molar-refractivity contribution is -0.385. The largest absolute Gasteiger partial charge is 0.505 e. The summed E-state index contributed by atoms with van der Waals surface area (Å²) in [5.74, 6) is -1.99. The molecule has 4 aromatic carbocycles. The van der Waals surface area contributed by atoms with Gasteiger partial charge in [-0.05, 0) is 41.8 Å². The van der Waals surface area contributed by atoms with Gasteiger partial charge in [-0.25, -0.2) is 0 Å². The minimum absolute atomic E-state index is 0.0758.